The molecular formula is C24H30BO2. The highest BCUT2D eigenvalue weighted by Crippen LogP contribution is 2.39. The van der Waals surface area contributed by atoms with Crippen LogP contribution in [0.1, 0.15) is 75.6 Å². The maximum Gasteiger partial charge on any atom is 0.658 e. The summed E-state index contributed by atoms with van der Waals surface area (Å²) in [4.78, 5) is 0. The van der Waals surface area contributed by atoms with Crippen molar-refractivity contribution >= 4 is 7.69 Å². The fourth-order valence-electron chi connectivity index (χ4n) is 4.87. The van der Waals surface area contributed by atoms with Crippen molar-refractivity contribution in [3.05, 3.63) is 58.7 Å². The maximum atomic E-state index is 5.78. The van der Waals surface area contributed by atoms with E-state index in [-0.39, 0.29) is 10.8 Å². The summed E-state index contributed by atoms with van der Waals surface area (Å²) in [6.45, 7) is 9.33. The maximum absolute atomic E-state index is 5.78. The van der Waals surface area contributed by atoms with Crippen molar-refractivity contribution in [3.8, 4) is 11.5 Å². The van der Waals surface area contributed by atoms with E-state index in [1.54, 1.807) is 0 Å². The van der Waals surface area contributed by atoms with E-state index in [2.05, 4.69) is 64.1 Å². The molecule has 0 aliphatic heterocycles. The lowest BCUT2D eigenvalue weighted by molar-refractivity contribution is 0.425. The Bertz CT molecular complexity index is 769. The topological polar surface area (TPSA) is 18.5 Å². The van der Waals surface area contributed by atoms with Gasteiger partial charge < -0.3 is 9.31 Å². The van der Waals surface area contributed by atoms with Gasteiger partial charge in [-0.2, -0.15) is 0 Å². The van der Waals surface area contributed by atoms with Gasteiger partial charge in [0.1, 0.15) is 11.5 Å². The minimum atomic E-state index is 0.267. The first-order valence-corrected chi connectivity index (χ1v) is 10.3. The normalized spacial score (nSPS) is 19.6. The minimum Gasteiger partial charge on any atom is -0.526 e. The Balaban J connectivity index is 1.41. The molecule has 2 aromatic carbocycles. The van der Waals surface area contributed by atoms with Gasteiger partial charge in [-0.15, -0.1) is 0 Å². The van der Waals surface area contributed by atoms with Crippen LogP contribution in [-0.2, 0) is 23.7 Å². The van der Waals surface area contributed by atoms with Crippen LogP contribution < -0.4 is 9.31 Å². The summed E-state index contributed by atoms with van der Waals surface area (Å²) in [6, 6.07) is 12.9. The molecule has 27 heavy (non-hydrogen) atoms. The Kier molecular flexibility index (Phi) is 4.74. The van der Waals surface area contributed by atoms with Crippen molar-refractivity contribution in [1.29, 1.82) is 0 Å². The van der Waals surface area contributed by atoms with Gasteiger partial charge >= 0.3 is 7.69 Å². The van der Waals surface area contributed by atoms with Crippen molar-refractivity contribution < 1.29 is 9.31 Å². The second-order valence-electron chi connectivity index (χ2n) is 9.44. The van der Waals surface area contributed by atoms with E-state index in [0.717, 1.165) is 24.3 Å². The van der Waals surface area contributed by atoms with E-state index < -0.39 is 0 Å². The molecule has 0 atom stereocenters. The zero-order chi connectivity index (χ0) is 19.1. The molecule has 2 aromatic rings. The Morgan fingerprint density at radius 3 is 1.59 bits per heavy atom. The smallest absolute Gasteiger partial charge is 0.526 e. The molecule has 0 aromatic heterocycles. The number of fused-ring (bicyclic) bond motifs is 2. The molecule has 0 N–H and O–H groups in total. The molecule has 0 spiro atoms. The van der Waals surface area contributed by atoms with Crippen LogP contribution in [0, 0.1) is 0 Å². The molecular weight excluding hydrogens is 331 g/mol. The number of benzene rings is 2. The van der Waals surface area contributed by atoms with E-state index in [4.69, 9.17) is 9.31 Å². The van der Waals surface area contributed by atoms with Crippen LogP contribution in [0.2, 0.25) is 0 Å². The standard InChI is InChI=1S/C24H30BO2/c1-23(2)13-5-7-17-15-19(9-11-21(17)23)26-25-27-20-10-12-22-18(16-20)8-6-14-24(22,3)4/h9-12,15-16H,5-8,13-14H2,1-4H3. The van der Waals surface area contributed by atoms with E-state index in [0.29, 0.717) is 0 Å². The van der Waals surface area contributed by atoms with Crippen molar-refractivity contribution in [2.75, 3.05) is 0 Å². The van der Waals surface area contributed by atoms with Gasteiger partial charge in [-0.1, -0.05) is 39.8 Å². The van der Waals surface area contributed by atoms with Gasteiger partial charge in [0.2, 0.25) is 0 Å². The largest absolute Gasteiger partial charge is 0.658 e. The fourth-order valence-corrected chi connectivity index (χ4v) is 4.87. The number of hydrogen-bond donors (Lipinski definition) is 0. The van der Waals surface area contributed by atoms with Crippen LogP contribution in [-0.4, -0.2) is 7.69 Å². The third kappa shape index (κ3) is 3.74. The molecule has 4 rings (SSSR count). The van der Waals surface area contributed by atoms with Crippen LogP contribution in [0.15, 0.2) is 36.4 Å². The van der Waals surface area contributed by atoms with E-state index in [9.17, 15) is 0 Å². The summed E-state index contributed by atoms with van der Waals surface area (Å²) in [5.74, 6) is 1.70. The average Bonchev–Trinajstić information content (AvgIpc) is 2.61. The fraction of sp³-hybridized carbons (Fsp3) is 0.500. The van der Waals surface area contributed by atoms with Gasteiger partial charge in [0, 0.05) is 0 Å². The highest BCUT2D eigenvalue weighted by atomic mass is 16.6. The lowest BCUT2D eigenvalue weighted by atomic mass is 9.73. The molecule has 2 nitrogen and oxygen atoms in total. The van der Waals surface area contributed by atoms with Crippen LogP contribution in [0.25, 0.3) is 0 Å². The first-order valence-electron chi connectivity index (χ1n) is 10.3. The van der Waals surface area contributed by atoms with Gasteiger partial charge in [-0.05, 0) is 95.9 Å². The lowest BCUT2D eigenvalue weighted by Gasteiger charge is -2.33. The van der Waals surface area contributed by atoms with Crippen molar-refractivity contribution in [3.63, 3.8) is 0 Å². The Morgan fingerprint density at radius 1 is 0.704 bits per heavy atom. The zero-order valence-corrected chi connectivity index (χ0v) is 17.1. The third-order valence-corrected chi connectivity index (χ3v) is 6.48. The molecule has 0 bridgehead atoms. The number of rotatable bonds is 4. The van der Waals surface area contributed by atoms with Gasteiger partial charge in [-0.25, -0.2) is 0 Å². The Morgan fingerprint density at radius 2 is 1.15 bits per heavy atom. The Labute approximate surface area is 164 Å². The highest BCUT2D eigenvalue weighted by Gasteiger charge is 2.28. The number of aryl methyl sites for hydroxylation is 2. The lowest BCUT2D eigenvalue weighted by Crippen LogP contribution is -2.24. The molecule has 141 valence electrons. The molecule has 3 heteroatoms. The summed E-state index contributed by atoms with van der Waals surface area (Å²) in [5, 5.41) is 0. The van der Waals surface area contributed by atoms with E-state index in [1.165, 1.54) is 55.6 Å². The zero-order valence-electron chi connectivity index (χ0n) is 17.1. The first-order chi connectivity index (χ1) is 12.9. The monoisotopic (exact) mass is 361 g/mol. The molecule has 0 fully saturated rings. The van der Waals surface area contributed by atoms with Gasteiger partial charge in [0.05, 0.1) is 0 Å². The van der Waals surface area contributed by atoms with Gasteiger partial charge in [0.25, 0.3) is 0 Å². The predicted molar refractivity (Wildman–Crippen MR) is 112 cm³/mol. The summed E-state index contributed by atoms with van der Waals surface area (Å²) in [6.07, 6.45) is 7.27. The average molecular weight is 361 g/mol. The van der Waals surface area contributed by atoms with Gasteiger partial charge in [-0.3, -0.25) is 0 Å². The van der Waals surface area contributed by atoms with Crippen LogP contribution in [0.3, 0.4) is 0 Å². The molecule has 2 aliphatic carbocycles. The summed E-state index contributed by atoms with van der Waals surface area (Å²) in [5.41, 5.74) is 6.27. The molecule has 2 aliphatic rings. The van der Waals surface area contributed by atoms with Gasteiger partial charge in [0.15, 0.2) is 0 Å². The number of hydrogen-bond acceptors (Lipinski definition) is 2. The molecule has 0 unspecified atom stereocenters. The van der Waals surface area contributed by atoms with Crippen LogP contribution >= 0.6 is 0 Å². The Hall–Kier alpha value is -1.90. The second-order valence-corrected chi connectivity index (χ2v) is 9.44. The summed E-state index contributed by atoms with van der Waals surface area (Å²) in [7, 11) is 1.46. The molecule has 0 saturated carbocycles. The quantitative estimate of drug-likeness (QED) is 0.631. The second kappa shape index (κ2) is 6.93. The third-order valence-electron chi connectivity index (χ3n) is 6.48. The minimum absolute atomic E-state index is 0.267. The van der Waals surface area contributed by atoms with E-state index in [1.807, 2.05) is 0 Å². The summed E-state index contributed by atoms with van der Waals surface area (Å²) < 4.78 is 11.6. The summed E-state index contributed by atoms with van der Waals surface area (Å²) >= 11 is 0. The van der Waals surface area contributed by atoms with Crippen molar-refractivity contribution in [2.45, 2.75) is 77.0 Å². The molecule has 1 radical (unpaired) electrons. The van der Waals surface area contributed by atoms with Crippen molar-refractivity contribution in [2.24, 2.45) is 0 Å². The van der Waals surface area contributed by atoms with Crippen LogP contribution in [0.4, 0.5) is 0 Å². The first kappa shape index (κ1) is 18.5. The predicted octanol–water partition coefficient (Wildman–Crippen LogP) is 5.91. The van der Waals surface area contributed by atoms with Crippen molar-refractivity contribution in [1.82, 2.24) is 0 Å². The van der Waals surface area contributed by atoms with Crippen LogP contribution in [0.5, 0.6) is 11.5 Å². The SMILES string of the molecule is CC1(C)CCCc2cc(O[B]Oc3ccc4c(c3)CCCC4(C)C)ccc21. The molecule has 0 saturated heterocycles. The molecule has 0 amide bonds. The molecule has 0 heterocycles. The van der Waals surface area contributed by atoms with E-state index >= 15 is 0 Å². The highest BCUT2D eigenvalue weighted by molar-refractivity contribution is 6.20.